The van der Waals surface area contributed by atoms with Crippen LogP contribution in [0.3, 0.4) is 0 Å². The number of hydrogen-bond donors (Lipinski definition) is 0. The number of carbonyl (C=O) groups excluding carboxylic acids is 1. The molecule has 0 bridgehead atoms. The van der Waals surface area contributed by atoms with E-state index in [1.165, 1.54) is 7.11 Å². The van der Waals surface area contributed by atoms with Crippen LogP contribution in [0.2, 0.25) is 0 Å². The Bertz CT molecular complexity index is 225. The molecular weight excluding hydrogens is 166 g/mol. The molecule has 0 N–H and O–H groups in total. The van der Waals surface area contributed by atoms with Crippen molar-refractivity contribution in [3.05, 3.63) is 0 Å². The number of methoxy groups -OCH3 is 1. The average Bonchev–Trinajstić information content (AvgIpc) is 2.29. The van der Waals surface area contributed by atoms with Crippen molar-refractivity contribution in [2.75, 3.05) is 20.7 Å². The van der Waals surface area contributed by atoms with Gasteiger partial charge in [-0.05, 0) is 32.4 Å². The molecule has 1 aliphatic heterocycles. The zero-order chi connectivity index (χ0) is 10.3. The molecule has 13 heavy (non-hydrogen) atoms. The van der Waals surface area contributed by atoms with Crippen LogP contribution >= 0.6 is 0 Å². The van der Waals surface area contributed by atoms with Crippen molar-refractivity contribution in [3.8, 4) is 0 Å². The van der Waals surface area contributed by atoms with Crippen molar-refractivity contribution in [2.24, 2.45) is 5.41 Å². The highest BCUT2D eigenvalue weighted by molar-refractivity contribution is 5.81. The molecule has 3 nitrogen and oxygen atoms in total. The van der Waals surface area contributed by atoms with Crippen LogP contribution in [0.1, 0.15) is 27.2 Å². The number of esters is 1. The SMILES string of the molecule is COC(=O)C1(C)N(C)CCC1(C)C. The lowest BCUT2D eigenvalue weighted by Crippen LogP contribution is -2.54. The molecule has 76 valence electrons. The largest absolute Gasteiger partial charge is 0.468 e. The van der Waals surface area contributed by atoms with E-state index < -0.39 is 5.54 Å². The Morgan fingerprint density at radius 2 is 1.92 bits per heavy atom. The molecule has 1 aliphatic rings. The molecule has 1 fully saturated rings. The van der Waals surface area contributed by atoms with Gasteiger partial charge in [-0.1, -0.05) is 13.8 Å². The number of likely N-dealkylation sites (tertiary alicyclic amines) is 1. The van der Waals surface area contributed by atoms with Gasteiger partial charge in [-0.25, -0.2) is 0 Å². The lowest BCUT2D eigenvalue weighted by atomic mass is 9.74. The van der Waals surface area contributed by atoms with Gasteiger partial charge in [0.15, 0.2) is 0 Å². The lowest BCUT2D eigenvalue weighted by Gasteiger charge is -2.39. The summed E-state index contributed by atoms with van der Waals surface area (Å²) >= 11 is 0. The summed E-state index contributed by atoms with van der Waals surface area (Å²) in [7, 11) is 3.43. The monoisotopic (exact) mass is 185 g/mol. The number of likely N-dealkylation sites (N-methyl/N-ethyl adjacent to an activating group) is 1. The highest BCUT2D eigenvalue weighted by Gasteiger charge is 2.55. The molecule has 1 atom stereocenters. The summed E-state index contributed by atoms with van der Waals surface area (Å²) in [4.78, 5) is 13.8. The molecular formula is C10H19NO2. The fourth-order valence-electron chi connectivity index (χ4n) is 2.06. The number of ether oxygens (including phenoxy) is 1. The van der Waals surface area contributed by atoms with Crippen LogP contribution < -0.4 is 0 Å². The van der Waals surface area contributed by atoms with Gasteiger partial charge in [0.2, 0.25) is 0 Å². The molecule has 0 radical (unpaired) electrons. The first-order chi connectivity index (χ1) is 5.86. The maximum atomic E-state index is 11.7. The van der Waals surface area contributed by atoms with Crippen LogP contribution in [0.4, 0.5) is 0 Å². The minimum Gasteiger partial charge on any atom is -0.468 e. The topological polar surface area (TPSA) is 29.5 Å². The van der Waals surface area contributed by atoms with E-state index >= 15 is 0 Å². The fraction of sp³-hybridized carbons (Fsp3) is 0.900. The lowest BCUT2D eigenvalue weighted by molar-refractivity contribution is -0.156. The van der Waals surface area contributed by atoms with Crippen molar-refractivity contribution in [3.63, 3.8) is 0 Å². The highest BCUT2D eigenvalue weighted by atomic mass is 16.5. The third-order valence-corrected chi connectivity index (χ3v) is 3.74. The van der Waals surface area contributed by atoms with Gasteiger partial charge >= 0.3 is 5.97 Å². The smallest absolute Gasteiger partial charge is 0.326 e. The second-order valence-corrected chi connectivity index (χ2v) is 4.62. The fourth-order valence-corrected chi connectivity index (χ4v) is 2.06. The van der Waals surface area contributed by atoms with Crippen LogP contribution in [0.15, 0.2) is 0 Å². The second-order valence-electron chi connectivity index (χ2n) is 4.62. The minimum absolute atomic E-state index is 0.00512. The third kappa shape index (κ3) is 1.26. The normalized spacial score (nSPS) is 33.3. The molecule has 0 aliphatic carbocycles. The maximum absolute atomic E-state index is 11.7. The predicted octanol–water partition coefficient (Wildman–Crippen LogP) is 1.28. The molecule has 0 spiro atoms. The third-order valence-electron chi connectivity index (χ3n) is 3.74. The summed E-state index contributed by atoms with van der Waals surface area (Å²) in [6, 6.07) is 0. The van der Waals surface area contributed by atoms with Gasteiger partial charge in [-0.15, -0.1) is 0 Å². The van der Waals surface area contributed by atoms with E-state index in [1.807, 2.05) is 14.0 Å². The summed E-state index contributed by atoms with van der Waals surface area (Å²) in [6.45, 7) is 7.16. The van der Waals surface area contributed by atoms with Gasteiger partial charge < -0.3 is 4.74 Å². The summed E-state index contributed by atoms with van der Waals surface area (Å²) in [5, 5.41) is 0. The van der Waals surface area contributed by atoms with Crippen LogP contribution in [0, 0.1) is 5.41 Å². The number of hydrogen-bond acceptors (Lipinski definition) is 3. The standard InChI is InChI=1S/C10H19NO2/c1-9(2)6-7-11(4)10(9,3)8(12)13-5/h6-7H2,1-5H3. The molecule has 0 aromatic rings. The van der Waals surface area contributed by atoms with E-state index in [0.29, 0.717) is 0 Å². The van der Waals surface area contributed by atoms with E-state index in [2.05, 4.69) is 18.7 Å². The molecule has 0 aromatic heterocycles. The Morgan fingerprint density at radius 3 is 2.23 bits per heavy atom. The van der Waals surface area contributed by atoms with Gasteiger partial charge in [0.1, 0.15) is 5.54 Å². The second kappa shape index (κ2) is 2.98. The minimum atomic E-state index is -0.470. The Hall–Kier alpha value is -0.570. The number of nitrogens with zero attached hydrogens (tertiary/aromatic N) is 1. The first-order valence-electron chi connectivity index (χ1n) is 4.66. The van der Waals surface area contributed by atoms with Crippen molar-refractivity contribution in [1.29, 1.82) is 0 Å². The van der Waals surface area contributed by atoms with Crippen molar-refractivity contribution < 1.29 is 9.53 Å². The molecule has 0 amide bonds. The van der Waals surface area contributed by atoms with Gasteiger partial charge in [0, 0.05) is 0 Å². The van der Waals surface area contributed by atoms with E-state index in [0.717, 1.165) is 13.0 Å². The molecule has 0 saturated carbocycles. The summed E-state index contributed by atoms with van der Waals surface area (Å²) < 4.78 is 4.86. The van der Waals surface area contributed by atoms with Crippen LogP contribution in [0.25, 0.3) is 0 Å². The zero-order valence-corrected chi connectivity index (χ0v) is 9.18. The average molecular weight is 185 g/mol. The molecule has 1 saturated heterocycles. The molecule has 0 aromatic carbocycles. The van der Waals surface area contributed by atoms with Gasteiger partial charge in [0.05, 0.1) is 7.11 Å². The van der Waals surface area contributed by atoms with Crippen molar-refractivity contribution in [2.45, 2.75) is 32.7 Å². The number of carbonyl (C=O) groups is 1. The molecule has 3 heteroatoms. The summed E-state index contributed by atoms with van der Waals surface area (Å²) in [5.74, 6) is -0.127. The summed E-state index contributed by atoms with van der Waals surface area (Å²) in [5.41, 5.74) is -0.476. The van der Waals surface area contributed by atoms with E-state index in [4.69, 9.17) is 4.74 Å². The van der Waals surface area contributed by atoms with Crippen LogP contribution in [-0.4, -0.2) is 37.1 Å². The van der Waals surface area contributed by atoms with Crippen molar-refractivity contribution in [1.82, 2.24) is 4.90 Å². The molecule has 1 rings (SSSR count). The van der Waals surface area contributed by atoms with Crippen molar-refractivity contribution >= 4 is 5.97 Å². The Morgan fingerprint density at radius 1 is 1.38 bits per heavy atom. The zero-order valence-electron chi connectivity index (χ0n) is 9.18. The Labute approximate surface area is 80.1 Å². The molecule has 1 unspecified atom stereocenters. The van der Waals surface area contributed by atoms with E-state index in [-0.39, 0.29) is 11.4 Å². The first kappa shape index (κ1) is 10.5. The summed E-state index contributed by atoms with van der Waals surface area (Å²) in [6.07, 6.45) is 1.04. The Balaban J connectivity index is 3.03. The van der Waals surface area contributed by atoms with Gasteiger partial charge in [0.25, 0.3) is 0 Å². The van der Waals surface area contributed by atoms with Crippen LogP contribution in [0.5, 0.6) is 0 Å². The Kier molecular flexibility index (Phi) is 2.41. The predicted molar refractivity (Wildman–Crippen MR) is 51.4 cm³/mol. The molecule has 1 heterocycles. The quantitative estimate of drug-likeness (QED) is 0.576. The van der Waals surface area contributed by atoms with Gasteiger partial charge in [-0.2, -0.15) is 0 Å². The van der Waals surface area contributed by atoms with Crippen LogP contribution in [-0.2, 0) is 9.53 Å². The van der Waals surface area contributed by atoms with E-state index in [1.54, 1.807) is 0 Å². The van der Waals surface area contributed by atoms with E-state index in [9.17, 15) is 4.79 Å². The first-order valence-corrected chi connectivity index (χ1v) is 4.66. The number of rotatable bonds is 1. The van der Waals surface area contributed by atoms with Gasteiger partial charge in [-0.3, -0.25) is 9.69 Å². The highest BCUT2D eigenvalue weighted by Crippen LogP contribution is 2.44. The maximum Gasteiger partial charge on any atom is 0.326 e.